The third kappa shape index (κ3) is 2.33. The quantitative estimate of drug-likeness (QED) is 0.805. The monoisotopic (exact) mass is 271 g/mol. The zero-order valence-corrected chi connectivity index (χ0v) is 11.6. The summed E-state index contributed by atoms with van der Waals surface area (Å²) in [6, 6.07) is 2.30. The molecule has 0 saturated heterocycles. The summed E-state index contributed by atoms with van der Waals surface area (Å²) < 4.78 is 2.52. The van der Waals surface area contributed by atoms with Crippen LogP contribution in [0.25, 0.3) is 0 Å². The number of rotatable bonds is 2. The van der Waals surface area contributed by atoms with Crippen LogP contribution >= 0.6 is 15.9 Å². The van der Waals surface area contributed by atoms with Crippen molar-refractivity contribution in [3.63, 3.8) is 0 Å². The first-order valence-corrected chi connectivity index (χ1v) is 6.07. The van der Waals surface area contributed by atoms with Crippen molar-refractivity contribution in [2.75, 3.05) is 0 Å². The molecule has 1 aromatic rings. The Morgan fingerprint density at radius 3 is 2.20 bits per heavy atom. The number of hydrogen-bond donors (Lipinski definition) is 0. The molecule has 0 bridgehead atoms. The number of aryl methyl sites for hydroxylation is 1. The summed E-state index contributed by atoms with van der Waals surface area (Å²) in [5.41, 5.74) is 2.20. The van der Waals surface area contributed by atoms with E-state index in [1.165, 1.54) is 0 Å². The van der Waals surface area contributed by atoms with Gasteiger partial charge in [0, 0.05) is 11.7 Å². The van der Waals surface area contributed by atoms with E-state index in [1.807, 2.05) is 25.3 Å². The van der Waals surface area contributed by atoms with Gasteiger partial charge in [0.15, 0.2) is 0 Å². The molecule has 84 valence electrons. The van der Waals surface area contributed by atoms with E-state index in [0.717, 1.165) is 11.3 Å². The van der Waals surface area contributed by atoms with Crippen molar-refractivity contribution in [2.24, 2.45) is 0 Å². The molecule has 0 aliphatic heterocycles. The number of hydrogen-bond acceptors (Lipinski definition) is 1. The highest BCUT2D eigenvalue weighted by Gasteiger charge is 2.14. The molecule has 0 aromatic carbocycles. The van der Waals surface area contributed by atoms with Gasteiger partial charge in [0.1, 0.15) is 0 Å². The van der Waals surface area contributed by atoms with Gasteiger partial charge in [-0.1, -0.05) is 13.8 Å². The van der Waals surface area contributed by atoms with Gasteiger partial charge >= 0.3 is 0 Å². The van der Waals surface area contributed by atoms with E-state index in [-0.39, 0.29) is 11.6 Å². The zero-order valence-electron chi connectivity index (χ0n) is 9.97. The maximum atomic E-state index is 12.1. The molecule has 0 aliphatic carbocycles. The summed E-state index contributed by atoms with van der Waals surface area (Å²) in [7, 11) is 0. The van der Waals surface area contributed by atoms with Crippen molar-refractivity contribution in [3.05, 3.63) is 32.2 Å². The fraction of sp³-hybridized carbons (Fsp3) is 0.583. The first kappa shape index (κ1) is 12.5. The van der Waals surface area contributed by atoms with Gasteiger partial charge in [-0.2, -0.15) is 0 Å². The van der Waals surface area contributed by atoms with Crippen LogP contribution in [0.4, 0.5) is 0 Å². The average Bonchev–Trinajstić information content (AvgIpc) is 2.10. The largest absolute Gasteiger partial charge is 0.309 e. The lowest BCUT2D eigenvalue weighted by Crippen LogP contribution is -2.26. The Morgan fingerprint density at radius 2 is 1.80 bits per heavy atom. The van der Waals surface area contributed by atoms with E-state index >= 15 is 0 Å². The minimum atomic E-state index is 0.0775. The van der Waals surface area contributed by atoms with E-state index < -0.39 is 0 Å². The van der Waals surface area contributed by atoms with Crippen molar-refractivity contribution in [1.29, 1.82) is 0 Å². The molecule has 0 spiro atoms. The van der Waals surface area contributed by atoms with E-state index in [2.05, 4.69) is 35.8 Å². The van der Waals surface area contributed by atoms with E-state index in [0.29, 0.717) is 10.4 Å². The maximum absolute atomic E-state index is 12.1. The molecule has 1 rings (SSSR count). The predicted molar refractivity (Wildman–Crippen MR) is 67.6 cm³/mol. The van der Waals surface area contributed by atoms with Crippen molar-refractivity contribution in [2.45, 2.75) is 46.6 Å². The van der Waals surface area contributed by atoms with Gasteiger partial charge in [-0.3, -0.25) is 4.79 Å². The molecule has 0 saturated carbocycles. The van der Waals surface area contributed by atoms with Crippen LogP contribution in [0.1, 0.15) is 50.9 Å². The van der Waals surface area contributed by atoms with Crippen LogP contribution in [0.5, 0.6) is 0 Å². The highest BCUT2D eigenvalue weighted by atomic mass is 79.9. The standard InChI is InChI=1S/C12H18BrNO/c1-7(2)10-6-9(5)14(8(3)4)12(15)11(10)13/h6-8H,1-5H3. The molecule has 0 fully saturated rings. The molecular formula is C12H18BrNO. The minimum Gasteiger partial charge on any atom is -0.309 e. The van der Waals surface area contributed by atoms with Gasteiger partial charge in [0.2, 0.25) is 0 Å². The molecule has 0 amide bonds. The van der Waals surface area contributed by atoms with E-state index in [4.69, 9.17) is 0 Å². The lowest BCUT2D eigenvalue weighted by atomic mass is 10.0. The third-order valence-corrected chi connectivity index (χ3v) is 3.34. The minimum absolute atomic E-state index is 0.0775. The summed E-state index contributed by atoms with van der Waals surface area (Å²) in [6.07, 6.45) is 0. The van der Waals surface area contributed by atoms with Crippen molar-refractivity contribution >= 4 is 15.9 Å². The zero-order chi connectivity index (χ0) is 11.7. The average molecular weight is 272 g/mol. The van der Waals surface area contributed by atoms with Gasteiger partial charge in [0.05, 0.1) is 4.47 Å². The van der Waals surface area contributed by atoms with Crippen molar-refractivity contribution < 1.29 is 0 Å². The summed E-state index contributed by atoms with van der Waals surface area (Å²) >= 11 is 3.40. The molecule has 3 heteroatoms. The number of aromatic nitrogens is 1. The highest BCUT2D eigenvalue weighted by molar-refractivity contribution is 9.10. The Morgan fingerprint density at radius 1 is 1.27 bits per heavy atom. The molecule has 0 radical (unpaired) electrons. The van der Waals surface area contributed by atoms with Gasteiger partial charge in [-0.05, 0) is 54.2 Å². The summed E-state index contributed by atoms with van der Waals surface area (Å²) in [6.45, 7) is 10.2. The fourth-order valence-corrected chi connectivity index (χ4v) is 2.57. The van der Waals surface area contributed by atoms with Gasteiger partial charge in [-0.15, -0.1) is 0 Å². The highest BCUT2D eigenvalue weighted by Crippen LogP contribution is 2.23. The second-order valence-electron chi connectivity index (χ2n) is 4.48. The summed E-state index contributed by atoms with van der Waals surface area (Å²) in [5, 5.41) is 0. The SMILES string of the molecule is Cc1cc(C(C)C)c(Br)c(=O)n1C(C)C. The Labute approximate surface area is 99.4 Å². The maximum Gasteiger partial charge on any atom is 0.265 e. The first-order valence-electron chi connectivity index (χ1n) is 5.27. The van der Waals surface area contributed by atoms with Crippen LogP contribution in [0, 0.1) is 6.92 Å². The van der Waals surface area contributed by atoms with Gasteiger partial charge in [-0.25, -0.2) is 0 Å². The smallest absolute Gasteiger partial charge is 0.265 e. The number of pyridine rings is 1. The Kier molecular flexibility index (Phi) is 3.77. The number of nitrogens with zero attached hydrogens (tertiary/aromatic N) is 1. The molecule has 0 N–H and O–H groups in total. The first-order chi connectivity index (χ1) is 6.86. The topological polar surface area (TPSA) is 22.0 Å². The van der Waals surface area contributed by atoms with Crippen LogP contribution in [0.2, 0.25) is 0 Å². The fourth-order valence-electron chi connectivity index (χ4n) is 1.81. The molecule has 15 heavy (non-hydrogen) atoms. The van der Waals surface area contributed by atoms with E-state index in [1.54, 1.807) is 0 Å². The lowest BCUT2D eigenvalue weighted by Gasteiger charge is -2.18. The number of halogens is 1. The Balaban J connectivity index is 3.52. The Hall–Kier alpha value is -0.570. The molecule has 1 aromatic heterocycles. The van der Waals surface area contributed by atoms with Gasteiger partial charge < -0.3 is 4.57 Å². The van der Waals surface area contributed by atoms with Crippen LogP contribution in [-0.4, -0.2) is 4.57 Å². The van der Waals surface area contributed by atoms with Crippen LogP contribution in [0.15, 0.2) is 15.3 Å². The second-order valence-corrected chi connectivity index (χ2v) is 5.27. The molecule has 2 nitrogen and oxygen atoms in total. The van der Waals surface area contributed by atoms with Crippen LogP contribution in [-0.2, 0) is 0 Å². The van der Waals surface area contributed by atoms with E-state index in [9.17, 15) is 4.79 Å². The van der Waals surface area contributed by atoms with Crippen molar-refractivity contribution in [3.8, 4) is 0 Å². The molecule has 0 atom stereocenters. The molecule has 0 aliphatic rings. The lowest BCUT2D eigenvalue weighted by molar-refractivity contribution is 0.557. The third-order valence-electron chi connectivity index (χ3n) is 2.54. The summed E-state index contributed by atoms with van der Waals surface area (Å²) in [5.74, 6) is 0.368. The van der Waals surface area contributed by atoms with Gasteiger partial charge in [0.25, 0.3) is 5.56 Å². The molecular weight excluding hydrogens is 254 g/mol. The molecule has 1 heterocycles. The predicted octanol–water partition coefficient (Wildman–Crippen LogP) is 3.62. The van der Waals surface area contributed by atoms with Crippen molar-refractivity contribution in [1.82, 2.24) is 4.57 Å². The second kappa shape index (κ2) is 4.52. The van der Waals surface area contributed by atoms with Crippen LogP contribution in [0.3, 0.4) is 0 Å². The Bertz CT molecular complexity index is 418. The normalized spacial score (nSPS) is 11.5. The molecule has 0 unspecified atom stereocenters. The van der Waals surface area contributed by atoms with Crippen LogP contribution < -0.4 is 5.56 Å². The summed E-state index contributed by atoms with van der Waals surface area (Å²) in [4.78, 5) is 12.1.